The number of sulfonamides is 1. The van der Waals surface area contributed by atoms with Crippen LogP contribution in [0.25, 0.3) is 0 Å². The predicted molar refractivity (Wildman–Crippen MR) is 110 cm³/mol. The number of hydrogen-bond donors (Lipinski definition) is 1. The topological polar surface area (TPSA) is 73.2 Å². The molecule has 0 aliphatic carbocycles. The number of hydrogen-bond acceptors (Lipinski definition) is 4. The van der Waals surface area contributed by atoms with Crippen LogP contribution in [0.2, 0.25) is 0 Å². The molecule has 0 bridgehead atoms. The first-order valence-electron chi connectivity index (χ1n) is 9.79. The molecule has 7 heteroatoms. The van der Waals surface area contributed by atoms with Crippen molar-refractivity contribution < 1.29 is 13.2 Å². The number of aryl methyl sites for hydroxylation is 2. The fraction of sp³-hybridized carbons (Fsp3) is 0.571. The minimum absolute atomic E-state index is 0.00953. The largest absolute Gasteiger partial charge is 0.376 e. The number of rotatable bonds is 7. The Balaban J connectivity index is 1.74. The summed E-state index contributed by atoms with van der Waals surface area (Å²) in [7, 11) is -1.84. The van der Waals surface area contributed by atoms with Crippen LogP contribution in [0.4, 0.5) is 0 Å². The second-order valence-corrected chi connectivity index (χ2v) is 10.3. The summed E-state index contributed by atoms with van der Waals surface area (Å²) in [5, 5.41) is 4.14. The maximum Gasteiger partial charge on any atom is 0.243 e. The lowest BCUT2D eigenvalue weighted by Gasteiger charge is -2.45. The number of nitrogens with one attached hydrogen (secondary N) is 1. The standard InChI is InChI=1S/C21H31N3O3S/c1-17-19(15-24(4)23-17)28(25,26)22-12-10-21(11-13-27-20(2,3)16-21)14-18-8-6-5-7-9-18/h5-9,15,22H,10-14,16H2,1-4H3/t21-/m1/s1. The molecule has 0 radical (unpaired) electrons. The number of aromatic nitrogens is 2. The second-order valence-electron chi connectivity index (χ2n) is 8.60. The molecule has 0 saturated carbocycles. The third kappa shape index (κ3) is 5.01. The van der Waals surface area contributed by atoms with E-state index in [0.29, 0.717) is 18.8 Å². The van der Waals surface area contributed by atoms with Gasteiger partial charge in [0.15, 0.2) is 0 Å². The Hall–Kier alpha value is -1.70. The molecule has 1 aromatic heterocycles. The minimum atomic E-state index is -3.56. The maximum absolute atomic E-state index is 12.7. The quantitative estimate of drug-likeness (QED) is 0.768. The highest BCUT2D eigenvalue weighted by Gasteiger charge is 2.40. The van der Waals surface area contributed by atoms with Gasteiger partial charge in [-0.05, 0) is 57.4 Å². The van der Waals surface area contributed by atoms with E-state index in [1.54, 1.807) is 20.2 Å². The molecule has 1 aliphatic heterocycles. The summed E-state index contributed by atoms with van der Waals surface area (Å²) in [4.78, 5) is 0.249. The number of ether oxygens (including phenoxy) is 1. The minimum Gasteiger partial charge on any atom is -0.376 e. The molecule has 1 aliphatic rings. The van der Waals surface area contributed by atoms with Gasteiger partial charge in [-0.1, -0.05) is 30.3 Å². The van der Waals surface area contributed by atoms with Gasteiger partial charge < -0.3 is 4.74 Å². The van der Waals surface area contributed by atoms with Gasteiger partial charge in [-0.15, -0.1) is 0 Å². The van der Waals surface area contributed by atoms with E-state index in [1.165, 1.54) is 10.2 Å². The summed E-state index contributed by atoms with van der Waals surface area (Å²) in [6, 6.07) is 10.4. The normalized spacial score (nSPS) is 22.3. The Morgan fingerprint density at radius 1 is 1.25 bits per heavy atom. The fourth-order valence-electron chi connectivity index (χ4n) is 4.44. The van der Waals surface area contributed by atoms with Gasteiger partial charge in [-0.25, -0.2) is 13.1 Å². The van der Waals surface area contributed by atoms with E-state index in [0.717, 1.165) is 25.7 Å². The molecule has 1 aromatic carbocycles. The Morgan fingerprint density at radius 2 is 1.96 bits per heavy atom. The Kier molecular flexibility index (Phi) is 5.98. The van der Waals surface area contributed by atoms with Crippen LogP contribution in [0.3, 0.4) is 0 Å². The molecule has 0 amide bonds. The van der Waals surface area contributed by atoms with Crippen molar-refractivity contribution in [3.05, 3.63) is 47.8 Å². The Morgan fingerprint density at radius 3 is 2.57 bits per heavy atom. The van der Waals surface area contributed by atoms with Crippen molar-refractivity contribution in [3.8, 4) is 0 Å². The summed E-state index contributed by atoms with van der Waals surface area (Å²) >= 11 is 0. The van der Waals surface area contributed by atoms with Crippen molar-refractivity contribution in [1.82, 2.24) is 14.5 Å². The first kappa shape index (κ1) is 21.0. The molecule has 2 aromatic rings. The van der Waals surface area contributed by atoms with Crippen molar-refractivity contribution in [1.29, 1.82) is 0 Å². The molecule has 0 spiro atoms. The van der Waals surface area contributed by atoms with Gasteiger partial charge in [-0.3, -0.25) is 4.68 Å². The van der Waals surface area contributed by atoms with Crippen molar-refractivity contribution in [2.24, 2.45) is 12.5 Å². The van der Waals surface area contributed by atoms with E-state index in [9.17, 15) is 8.42 Å². The average molecular weight is 406 g/mol. The molecule has 1 N–H and O–H groups in total. The summed E-state index contributed by atoms with van der Waals surface area (Å²) in [5.41, 5.74) is 1.61. The van der Waals surface area contributed by atoms with Gasteiger partial charge in [0.05, 0.1) is 11.3 Å². The van der Waals surface area contributed by atoms with E-state index in [1.807, 2.05) is 6.07 Å². The summed E-state index contributed by atoms with van der Waals surface area (Å²) in [6.07, 6.45) is 5.08. The van der Waals surface area contributed by atoms with Crippen molar-refractivity contribution >= 4 is 10.0 Å². The van der Waals surface area contributed by atoms with E-state index in [-0.39, 0.29) is 15.9 Å². The number of nitrogens with zero attached hydrogens (tertiary/aromatic N) is 2. The van der Waals surface area contributed by atoms with Crippen LogP contribution in [-0.2, 0) is 28.2 Å². The fourth-order valence-corrected chi connectivity index (χ4v) is 5.69. The van der Waals surface area contributed by atoms with Crippen LogP contribution in [0, 0.1) is 12.3 Å². The van der Waals surface area contributed by atoms with E-state index in [4.69, 9.17) is 4.74 Å². The van der Waals surface area contributed by atoms with Gasteiger partial charge in [0.25, 0.3) is 0 Å². The van der Waals surface area contributed by atoms with Crippen LogP contribution in [0.5, 0.6) is 0 Å². The third-order valence-corrected chi connectivity index (χ3v) is 7.12. The molecular weight excluding hydrogens is 374 g/mol. The highest BCUT2D eigenvalue weighted by molar-refractivity contribution is 7.89. The molecule has 28 heavy (non-hydrogen) atoms. The first-order valence-corrected chi connectivity index (χ1v) is 11.3. The first-order chi connectivity index (χ1) is 13.1. The molecule has 0 unspecified atom stereocenters. The van der Waals surface area contributed by atoms with Gasteiger partial charge in [0.2, 0.25) is 10.0 Å². The summed E-state index contributed by atoms with van der Waals surface area (Å²) in [6.45, 7) is 7.06. The van der Waals surface area contributed by atoms with E-state index >= 15 is 0 Å². The van der Waals surface area contributed by atoms with Gasteiger partial charge in [-0.2, -0.15) is 5.10 Å². The zero-order valence-corrected chi connectivity index (χ0v) is 18.1. The smallest absolute Gasteiger partial charge is 0.243 e. The summed E-state index contributed by atoms with van der Waals surface area (Å²) in [5.74, 6) is 0. The lowest BCUT2D eigenvalue weighted by atomic mass is 9.68. The molecule has 2 heterocycles. The highest BCUT2D eigenvalue weighted by atomic mass is 32.2. The second kappa shape index (κ2) is 7.97. The monoisotopic (exact) mass is 405 g/mol. The van der Waals surface area contributed by atoms with Crippen molar-refractivity contribution in [3.63, 3.8) is 0 Å². The molecule has 1 saturated heterocycles. The van der Waals surface area contributed by atoms with Crippen LogP contribution in [-0.4, -0.2) is 37.0 Å². The van der Waals surface area contributed by atoms with Crippen LogP contribution in [0.15, 0.2) is 41.4 Å². The van der Waals surface area contributed by atoms with Crippen LogP contribution < -0.4 is 4.72 Å². The van der Waals surface area contributed by atoms with E-state index < -0.39 is 10.0 Å². The maximum atomic E-state index is 12.7. The molecule has 1 atom stereocenters. The lowest BCUT2D eigenvalue weighted by molar-refractivity contribution is -0.106. The van der Waals surface area contributed by atoms with Crippen molar-refractivity contribution in [2.75, 3.05) is 13.2 Å². The van der Waals surface area contributed by atoms with Gasteiger partial charge >= 0.3 is 0 Å². The molecule has 3 rings (SSSR count). The zero-order chi connectivity index (χ0) is 20.4. The van der Waals surface area contributed by atoms with Crippen LogP contribution in [0.1, 0.15) is 44.4 Å². The van der Waals surface area contributed by atoms with Gasteiger partial charge in [0.1, 0.15) is 4.90 Å². The van der Waals surface area contributed by atoms with Crippen LogP contribution >= 0.6 is 0 Å². The number of benzene rings is 1. The predicted octanol–water partition coefficient (Wildman–Crippen LogP) is 3.22. The Labute approximate surface area is 168 Å². The lowest BCUT2D eigenvalue weighted by Crippen LogP contribution is -2.44. The highest BCUT2D eigenvalue weighted by Crippen LogP contribution is 2.43. The molecule has 6 nitrogen and oxygen atoms in total. The van der Waals surface area contributed by atoms with E-state index in [2.05, 4.69) is 47.9 Å². The average Bonchev–Trinajstić information content (AvgIpc) is 2.94. The Bertz CT molecular complexity index is 906. The molecular formula is C21H31N3O3S. The summed E-state index contributed by atoms with van der Waals surface area (Å²) < 4.78 is 35.7. The SMILES string of the molecule is Cc1nn(C)cc1S(=O)(=O)NCC[C@]1(Cc2ccccc2)CCOC(C)(C)C1. The third-order valence-electron chi connectivity index (χ3n) is 5.55. The molecule has 1 fully saturated rings. The zero-order valence-electron chi connectivity index (χ0n) is 17.2. The van der Waals surface area contributed by atoms with Gasteiger partial charge in [0, 0.05) is 26.4 Å². The molecule has 154 valence electrons. The van der Waals surface area contributed by atoms with Crippen molar-refractivity contribution in [2.45, 2.75) is 57.0 Å².